The van der Waals surface area contributed by atoms with E-state index in [9.17, 15) is 18.0 Å². The van der Waals surface area contributed by atoms with E-state index >= 15 is 0 Å². The summed E-state index contributed by atoms with van der Waals surface area (Å²) < 4.78 is 38.2. The molecule has 0 radical (unpaired) electrons. The molecule has 3 N–H and O–H groups in total. The Morgan fingerprint density at radius 3 is 2.33 bits per heavy atom. The van der Waals surface area contributed by atoms with Crippen LogP contribution in [0.25, 0.3) is 0 Å². The number of alkyl halides is 3. The van der Waals surface area contributed by atoms with E-state index in [-0.39, 0.29) is 30.7 Å². The minimum absolute atomic E-state index is 0. The van der Waals surface area contributed by atoms with Crippen LogP contribution in [0.15, 0.2) is 24.3 Å². The van der Waals surface area contributed by atoms with Gasteiger partial charge in [0.25, 0.3) is 0 Å². The minimum Gasteiger partial charge on any atom is -0.354 e. The van der Waals surface area contributed by atoms with Gasteiger partial charge in [0.05, 0.1) is 5.56 Å². The second kappa shape index (κ2) is 9.28. The number of amides is 1. The Morgan fingerprint density at radius 2 is 1.83 bits per heavy atom. The highest BCUT2D eigenvalue weighted by Crippen LogP contribution is 2.31. The summed E-state index contributed by atoms with van der Waals surface area (Å²) in [6.45, 7) is 6.03. The van der Waals surface area contributed by atoms with Crippen molar-refractivity contribution in [2.75, 3.05) is 6.54 Å². The molecule has 138 valence electrons. The smallest absolute Gasteiger partial charge is 0.354 e. The van der Waals surface area contributed by atoms with Crippen LogP contribution < -0.4 is 11.1 Å². The Kier molecular flexibility index (Phi) is 8.78. The zero-order valence-electron chi connectivity index (χ0n) is 14.2. The number of carbonyl (C=O) groups excluding carboxylic acids is 1. The zero-order valence-corrected chi connectivity index (χ0v) is 15.1. The molecule has 1 atom stereocenters. The van der Waals surface area contributed by atoms with Crippen LogP contribution in [0, 0.1) is 0 Å². The van der Waals surface area contributed by atoms with Crippen molar-refractivity contribution >= 4 is 18.3 Å². The molecule has 0 fully saturated rings. The molecule has 0 heterocycles. The lowest BCUT2D eigenvalue weighted by Gasteiger charge is -2.27. The molecular formula is C17H26ClF3N2O. The van der Waals surface area contributed by atoms with E-state index in [1.807, 2.05) is 13.8 Å². The van der Waals surface area contributed by atoms with Crippen molar-refractivity contribution in [3.63, 3.8) is 0 Å². The van der Waals surface area contributed by atoms with Gasteiger partial charge in [-0.1, -0.05) is 39.0 Å². The maximum absolute atomic E-state index is 12.7. The number of halogens is 4. The first-order chi connectivity index (χ1) is 10.6. The third-order valence-corrected chi connectivity index (χ3v) is 4.32. The molecule has 0 bridgehead atoms. The van der Waals surface area contributed by atoms with Crippen molar-refractivity contribution in [1.82, 2.24) is 5.32 Å². The monoisotopic (exact) mass is 366 g/mol. The lowest BCUT2D eigenvalue weighted by molar-refractivity contribution is -0.137. The summed E-state index contributed by atoms with van der Waals surface area (Å²) in [5.74, 6) is -0.501. The van der Waals surface area contributed by atoms with Gasteiger partial charge in [0.1, 0.15) is 0 Å². The van der Waals surface area contributed by atoms with Gasteiger partial charge in [-0.15, -0.1) is 12.4 Å². The lowest BCUT2D eigenvalue weighted by Crippen LogP contribution is -2.49. The van der Waals surface area contributed by atoms with Crippen LogP contribution in [-0.4, -0.2) is 18.0 Å². The summed E-state index contributed by atoms with van der Waals surface area (Å²) in [5, 5.41) is 2.78. The number of carbonyl (C=O) groups is 1. The van der Waals surface area contributed by atoms with Gasteiger partial charge in [0.15, 0.2) is 0 Å². The largest absolute Gasteiger partial charge is 0.416 e. The Labute approximate surface area is 147 Å². The Bertz CT molecular complexity index is 531. The average molecular weight is 367 g/mol. The van der Waals surface area contributed by atoms with Gasteiger partial charge in [-0.25, -0.2) is 0 Å². The van der Waals surface area contributed by atoms with E-state index in [2.05, 4.69) is 5.32 Å². The summed E-state index contributed by atoms with van der Waals surface area (Å²) in [7, 11) is 0. The second-order valence-corrected chi connectivity index (χ2v) is 6.07. The van der Waals surface area contributed by atoms with Gasteiger partial charge in [0, 0.05) is 18.5 Å². The molecule has 1 aromatic carbocycles. The summed E-state index contributed by atoms with van der Waals surface area (Å²) in [5.41, 5.74) is 5.49. The Morgan fingerprint density at radius 1 is 1.25 bits per heavy atom. The van der Waals surface area contributed by atoms with E-state index in [0.29, 0.717) is 12.1 Å². The molecule has 0 aliphatic heterocycles. The van der Waals surface area contributed by atoms with Gasteiger partial charge >= 0.3 is 6.18 Å². The van der Waals surface area contributed by atoms with Gasteiger partial charge in [-0.05, 0) is 30.4 Å². The molecule has 0 saturated carbocycles. The van der Waals surface area contributed by atoms with Crippen LogP contribution in [0.3, 0.4) is 0 Å². The van der Waals surface area contributed by atoms with E-state index in [1.165, 1.54) is 6.07 Å². The first-order valence-electron chi connectivity index (χ1n) is 7.84. The maximum Gasteiger partial charge on any atom is 0.416 e. The highest BCUT2D eigenvalue weighted by molar-refractivity contribution is 5.85. The normalized spacial score (nSPS) is 13.1. The van der Waals surface area contributed by atoms with E-state index < -0.39 is 17.3 Å². The third-order valence-electron chi connectivity index (χ3n) is 4.32. The van der Waals surface area contributed by atoms with Crippen molar-refractivity contribution in [3.8, 4) is 0 Å². The van der Waals surface area contributed by atoms with E-state index in [4.69, 9.17) is 5.73 Å². The molecule has 0 aliphatic carbocycles. The van der Waals surface area contributed by atoms with Crippen LogP contribution in [-0.2, 0) is 11.0 Å². The maximum atomic E-state index is 12.7. The fraction of sp³-hybridized carbons (Fsp3) is 0.588. The molecule has 1 aromatic rings. The molecule has 3 nitrogen and oxygen atoms in total. The van der Waals surface area contributed by atoms with Crippen molar-refractivity contribution in [2.24, 2.45) is 5.73 Å². The number of hydrogen-bond acceptors (Lipinski definition) is 2. The fourth-order valence-corrected chi connectivity index (χ4v) is 2.26. The van der Waals surface area contributed by atoms with Crippen molar-refractivity contribution in [2.45, 2.75) is 57.7 Å². The van der Waals surface area contributed by atoms with Gasteiger partial charge < -0.3 is 11.1 Å². The lowest BCUT2D eigenvalue weighted by atomic mass is 9.93. The Balaban J connectivity index is 0.00000529. The van der Waals surface area contributed by atoms with Gasteiger partial charge in [0.2, 0.25) is 5.91 Å². The standard InChI is InChI=1S/C17H25F3N2O.ClH/c1-4-16(21,5-2)11-22-15(23)9-12(3)13-7-6-8-14(10-13)17(18,19)20;/h6-8,10,12H,4-5,9,11,21H2,1-3H3,(H,22,23);1H. The molecule has 24 heavy (non-hydrogen) atoms. The van der Waals surface area contributed by atoms with Crippen LogP contribution in [0.2, 0.25) is 0 Å². The van der Waals surface area contributed by atoms with Crippen molar-refractivity contribution < 1.29 is 18.0 Å². The molecule has 0 aromatic heterocycles. The topological polar surface area (TPSA) is 55.1 Å². The van der Waals surface area contributed by atoms with E-state index in [0.717, 1.165) is 25.0 Å². The summed E-state index contributed by atoms with van der Waals surface area (Å²) in [6, 6.07) is 5.11. The Hall–Kier alpha value is -1.27. The molecule has 1 unspecified atom stereocenters. The highest BCUT2D eigenvalue weighted by atomic mass is 35.5. The van der Waals surface area contributed by atoms with Crippen molar-refractivity contribution in [3.05, 3.63) is 35.4 Å². The SMILES string of the molecule is CCC(N)(CC)CNC(=O)CC(C)c1cccc(C(F)(F)F)c1.Cl. The third kappa shape index (κ3) is 6.69. The number of benzene rings is 1. The summed E-state index contributed by atoms with van der Waals surface area (Å²) >= 11 is 0. The molecule has 7 heteroatoms. The molecule has 0 spiro atoms. The van der Waals surface area contributed by atoms with Gasteiger partial charge in [-0.2, -0.15) is 13.2 Å². The molecule has 1 amide bonds. The number of nitrogens with two attached hydrogens (primary N) is 1. The fourth-order valence-electron chi connectivity index (χ4n) is 2.26. The van der Waals surface area contributed by atoms with Crippen LogP contribution >= 0.6 is 12.4 Å². The van der Waals surface area contributed by atoms with Crippen molar-refractivity contribution in [1.29, 1.82) is 0 Å². The van der Waals surface area contributed by atoms with E-state index in [1.54, 1.807) is 13.0 Å². The molecular weight excluding hydrogens is 341 g/mol. The minimum atomic E-state index is -4.38. The second-order valence-electron chi connectivity index (χ2n) is 6.07. The van der Waals surface area contributed by atoms with Crippen LogP contribution in [0.4, 0.5) is 13.2 Å². The summed E-state index contributed by atoms with van der Waals surface area (Å²) in [4.78, 5) is 12.0. The van der Waals surface area contributed by atoms with Gasteiger partial charge in [-0.3, -0.25) is 4.79 Å². The first-order valence-corrected chi connectivity index (χ1v) is 7.84. The van der Waals surface area contributed by atoms with Crippen LogP contribution in [0.1, 0.15) is 57.1 Å². The average Bonchev–Trinajstić information content (AvgIpc) is 2.52. The predicted octanol–water partition coefficient (Wildman–Crippen LogP) is 4.25. The summed E-state index contributed by atoms with van der Waals surface area (Å²) in [6.07, 6.45) is -2.76. The molecule has 1 rings (SSSR count). The number of rotatable bonds is 7. The predicted molar refractivity (Wildman–Crippen MR) is 92.2 cm³/mol. The molecule has 0 aliphatic rings. The molecule has 0 saturated heterocycles. The first kappa shape index (κ1) is 22.7. The van der Waals surface area contributed by atoms with Crippen LogP contribution in [0.5, 0.6) is 0 Å². The quantitative estimate of drug-likeness (QED) is 0.757. The zero-order chi connectivity index (χ0) is 17.7. The highest BCUT2D eigenvalue weighted by Gasteiger charge is 2.30. The number of nitrogens with one attached hydrogen (secondary N) is 1. The number of hydrogen-bond donors (Lipinski definition) is 2.